The average Bonchev–Trinajstić information content (AvgIpc) is 3.63. The molecule has 0 saturated carbocycles. The summed E-state index contributed by atoms with van der Waals surface area (Å²) in [6.45, 7) is 23.6. The Hall–Kier alpha value is -5.57. The number of rotatable bonds is 9. The number of phenolic OH excluding ortho intramolecular Hbond substituents is 1. The molecule has 6 aromatic carbocycles. The predicted octanol–water partition coefficient (Wildman–Crippen LogP) is 15.5. The van der Waals surface area contributed by atoms with Crippen LogP contribution in [0.2, 0.25) is 0 Å². The molecule has 63 heavy (non-hydrogen) atoms. The normalized spacial score (nSPS) is 12.4. The fourth-order valence-corrected chi connectivity index (χ4v) is 8.53. The second-order valence-electron chi connectivity index (χ2n) is 19.7. The van der Waals surface area contributed by atoms with Crippen LogP contribution in [0.5, 0.6) is 5.75 Å². The van der Waals surface area contributed by atoms with Crippen molar-refractivity contribution in [2.75, 3.05) is 0 Å². The van der Waals surface area contributed by atoms with Crippen molar-refractivity contribution in [2.45, 2.75) is 99.3 Å². The Balaban J connectivity index is 0.00000612. The van der Waals surface area contributed by atoms with E-state index in [2.05, 4.69) is 182 Å². The number of nitrogens with zero attached hydrogens (tertiary/aromatic N) is 3. The molecule has 2 aromatic heterocycles. The molecule has 0 aliphatic rings. The van der Waals surface area contributed by atoms with E-state index in [0.717, 1.165) is 90.0 Å². The molecule has 0 atom stereocenters. The van der Waals surface area contributed by atoms with Gasteiger partial charge < -0.3 is 5.11 Å². The SMILES string of the molecule is [2H]C(C)(C)c1ccc(-c2ccnc(-c3[c-]c(-c4cccc5c4nc(-c4cc(C)cc(C(C)(C)C)c4O)n5-c4ccc(CC(C)C)cc4-c4ccccc4)cc(C(C)(C)C)c3)c2)cc1.[Pt]. The summed E-state index contributed by atoms with van der Waals surface area (Å²) in [5, 5.41) is 12.3. The molecule has 0 aliphatic heterocycles. The molecule has 0 amide bonds. The molecule has 0 fully saturated rings. The van der Waals surface area contributed by atoms with Gasteiger partial charge in [-0.05, 0) is 99.7 Å². The summed E-state index contributed by atoms with van der Waals surface area (Å²) in [6.07, 6.45) is 2.84. The molecule has 8 aromatic rings. The number of fused-ring (bicyclic) bond motifs is 1. The summed E-state index contributed by atoms with van der Waals surface area (Å²) in [7, 11) is 0. The minimum Gasteiger partial charge on any atom is -0.507 e. The van der Waals surface area contributed by atoms with E-state index in [0.29, 0.717) is 17.3 Å². The molecule has 2 heterocycles. The van der Waals surface area contributed by atoms with Gasteiger partial charge in [0.1, 0.15) is 11.6 Å². The third-order valence-electron chi connectivity index (χ3n) is 11.9. The predicted molar refractivity (Wildman–Crippen MR) is 261 cm³/mol. The number of aromatic nitrogens is 3. The van der Waals surface area contributed by atoms with Gasteiger partial charge in [-0.2, -0.15) is 0 Å². The molecule has 0 saturated heterocycles. The summed E-state index contributed by atoms with van der Waals surface area (Å²) in [6, 6.07) is 48.7. The van der Waals surface area contributed by atoms with Crippen LogP contribution in [-0.4, -0.2) is 19.6 Å². The van der Waals surface area contributed by atoms with Crippen LogP contribution < -0.4 is 0 Å². The van der Waals surface area contributed by atoms with E-state index < -0.39 is 5.89 Å². The Bertz CT molecular complexity index is 2960. The molecule has 324 valence electrons. The van der Waals surface area contributed by atoms with Crippen molar-refractivity contribution in [3.8, 4) is 67.5 Å². The second kappa shape index (κ2) is 17.9. The largest absolute Gasteiger partial charge is 0.507 e. The quantitative estimate of drug-likeness (QED) is 0.147. The van der Waals surface area contributed by atoms with E-state index in [9.17, 15) is 5.11 Å². The minimum absolute atomic E-state index is 0. The van der Waals surface area contributed by atoms with Crippen LogP contribution in [0.3, 0.4) is 0 Å². The van der Waals surface area contributed by atoms with Gasteiger partial charge in [-0.1, -0.05) is 165 Å². The Kier molecular flexibility index (Phi) is 12.5. The molecule has 1 N–H and O–H groups in total. The maximum absolute atomic E-state index is 12.3. The first-order valence-electron chi connectivity index (χ1n) is 22.5. The summed E-state index contributed by atoms with van der Waals surface area (Å²) in [5.74, 6) is 0.761. The zero-order chi connectivity index (χ0) is 45.0. The first kappa shape index (κ1) is 44.1. The number of para-hydroxylation sites is 1. The molecule has 0 radical (unpaired) electrons. The van der Waals surface area contributed by atoms with E-state index in [1.807, 2.05) is 38.2 Å². The molecule has 0 bridgehead atoms. The van der Waals surface area contributed by atoms with E-state index in [4.69, 9.17) is 11.3 Å². The van der Waals surface area contributed by atoms with Crippen LogP contribution in [0.25, 0.3) is 72.7 Å². The monoisotopic (exact) mass is 1010 g/mol. The molecule has 5 heteroatoms. The van der Waals surface area contributed by atoms with Gasteiger partial charge >= 0.3 is 0 Å². The third-order valence-corrected chi connectivity index (χ3v) is 11.9. The number of benzene rings is 6. The van der Waals surface area contributed by atoms with Gasteiger partial charge in [0.2, 0.25) is 0 Å². The van der Waals surface area contributed by atoms with E-state index in [-0.39, 0.29) is 37.6 Å². The maximum atomic E-state index is 12.3. The fourth-order valence-electron chi connectivity index (χ4n) is 8.53. The molecule has 0 aliphatic carbocycles. The van der Waals surface area contributed by atoms with Crippen molar-refractivity contribution < 1.29 is 27.5 Å². The molecular formula is C58H60N3OPt-. The molecule has 4 nitrogen and oxygen atoms in total. The standard InChI is InChI=1S/C58H60N3O.Pt/c1-36(2)28-39-20-25-52(48(31-39)42-16-13-12-14-17-42)61-53-19-15-18-47(54(53)60-56(61)49-29-38(5)30-50(55(49)62)58(9,10)11)44-32-45(34-46(33-44)57(6,7)8)51-35-43(26-27-59-51)41-23-21-40(22-24-41)37(3)4;/h12-27,29-31,33-37,62H,28H2,1-11H3;/q-1;/i37D;. The van der Waals surface area contributed by atoms with Gasteiger partial charge in [0.15, 0.2) is 0 Å². The van der Waals surface area contributed by atoms with Crippen LogP contribution >= 0.6 is 0 Å². The second-order valence-corrected chi connectivity index (χ2v) is 19.7. The van der Waals surface area contributed by atoms with Crippen molar-refractivity contribution in [3.05, 3.63) is 167 Å². The van der Waals surface area contributed by atoms with E-state index in [1.165, 1.54) is 5.56 Å². The first-order chi connectivity index (χ1) is 29.8. The zero-order valence-corrected chi connectivity index (χ0v) is 40.9. The van der Waals surface area contributed by atoms with Gasteiger partial charge in [0.05, 0.1) is 22.3 Å². The van der Waals surface area contributed by atoms with Gasteiger partial charge in [0.25, 0.3) is 0 Å². The minimum atomic E-state index is -0.668. The summed E-state index contributed by atoms with van der Waals surface area (Å²) in [4.78, 5) is 10.5. The van der Waals surface area contributed by atoms with E-state index >= 15 is 0 Å². The van der Waals surface area contributed by atoms with Gasteiger partial charge in [0, 0.05) is 45.5 Å². The van der Waals surface area contributed by atoms with Gasteiger partial charge in [-0.15, -0.1) is 29.3 Å². The number of hydrogen-bond acceptors (Lipinski definition) is 3. The topological polar surface area (TPSA) is 50.9 Å². The summed E-state index contributed by atoms with van der Waals surface area (Å²) in [5.41, 5.74) is 16.3. The van der Waals surface area contributed by atoms with Gasteiger partial charge in [-0.25, -0.2) is 4.98 Å². The van der Waals surface area contributed by atoms with E-state index in [1.54, 1.807) is 0 Å². The number of imidazole rings is 1. The molecule has 0 unspecified atom stereocenters. The Labute approximate surface area is 391 Å². The van der Waals surface area contributed by atoms with Crippen LogP contribution in [0.4, 0.5) is 0 Å². The summed E-state index contributed by atoms with van der Waals surface area (Å²) >= 11 is 0. The number of phenols is 1. The van der Waals surface area contributed by atoms with Crippen molar-refractivity contribution in [3.63, 3.8) is 0 Å². The van der Waals surface area contributed by atoms with Crippen LogP contribution in [0.1, 0.15) is 104 Å². The summed E-state index contributed by atoms with van der Waals surface area (Å²) < 4.78 is 10.8. The maximum Gasteiger partial charge on any atom is 0.148 e. The number of hydrogen-bond donors (Lipinski definition) is 1. The fraction of sp³-hybridized carbons (Fsp3) is 0.276. The number of pyridine rings is 1. The Morgan fingerprint density at radius 2 is 1.40 bits per heavy atom. The van der Waals surface area contributed by atoms with Crippen molar-refractivity contribution in [1.82, 2.24) is 14.5 Å². The number of aromatic hydroxyl groups is 1. The van der Waals surface area contributed by atoms with Crippen molar-refractivity contribution in [2.24, 2.45) is 5.92 Å². The average molecular weight is 1010 g/mol. The Morgan fingerprint density at radius 3 is 2.06 bits per heavy atom. The molecular weight excluding hydrogens is 950 g/mol. The van der Waals surface area contributed by atoms with Crippen LogP contribution in [0.15, 0.2) is 134 Å². The number of aryl methyl sites for hydroxylation is 1. The zero-order valence-electron chi connectivity index (χ0n) is 39.6. The molecule has 8 rings (SSSR count). The van der Waals surface area contributed by atoms with Crippen molar-refractivity contribution in [1.29, 1.82) is 0 Å². The van der Waals surface area contributed by atoms with Crippen molar-refractivity contribution >= 4 is 11.0 Å². The van der Waals surface area contributed by atoms with Crippen LogP contribution in [-0.2, 0) is 38.3 Å². The third kappa shape index (κ3) is 9.39. The first-order valence-corrected chi connectivity index (χ1v) is 22.0. The Morgan fingerprint density at radius 1 is 0.683 bits per heavy atom. The van der Waals surface area contributed by atoms with Gasteiger partial charge in [-0.3, -0.25) is 9.55 Å². The molecule has 0 spiro atoms. The van der Waals surface area contributed by atoms with Crippen LogP contribution in [0, 0.1) is 18.9 Å². The smallest absolute Gasteiger partial charge is 0.148 e.